The topological polar surface area (TPSA) is 21.3 Å². The summed E-state index contributed by atoms with van der Waals surface area (Å²) in [6, 6.07) is 6.18. The molecule has 0 aromatic heterocycles. The van der Waals surface area contributed by atoms with E-state index in [1.165, 1.54) is 0 Å². The molecule has 3 atom stereocenters. The van der Waals surface area contributed by atoms with Crippen LogP contribution in [-0.4, -0.2) is 25.3 Å². The average molecular weight is 316 g/mol. The quantitative estimate of drug-likeness (QED) is 0.843. The van der Waals surface area contributed by atoms with E-state index < -0.39 is 0 Å². The van der Waals surface area contributed by atoms with Crippen LogP contribution in [0.3, 0.4) is 0 Å². The fourth-order valence-electron chi connectivity index (χ4n) is 2.79. The number of halogens is 2. The van der Waals surface area contributed by atoms with Crippen LogP contribution in [-0.2, 0) is 11.2 Å². The van der Waals surface area contributed by atoms with Crippen molar-refractivity contribution in [3.63, 3.8) is 0 Å². The highest BCUT2D eigenvalue weighted by Gasteiger charge is 2.29. The molecule has 2 nitrogen and oxygen atoms in total. The molecule has 0 amide bonds. The van der Waals surface area contributed by atoms with Crippen LogP contribution in [0.1, 0.15) is 32.3 Å². The van der Waals surface area contributed by atoms with Crippen LogP contribution in [0, 0.1) is 5.92 Å². The van der Waals surface area contributed by atoms with Gasteiger partial charge in [0.25, 0.3) is 0 Å². The monoisotopic (exact) mass is 315 g/mol. The van der Waals surface area contributed by atoms with Crippen molar-refractivity contribution >= 4 is 23.2 Å². The van der Waals surface area contributed by atoms with Crippen molar-refractivity contribution in [1.29, 1.82) is 0 Å². The van der Waals surface area contributed by atoms with Crippen LogP contribution in [0.15, 0.2) is 18.2 Å². The normalized spacial score (nSPS) is 24.0. The van der Waals surface area contributed by atoms with Crippen LogP contribution < -0.4 is 5.32 Å². The summed E-state index contributed by atoms with van der Waals surface area (Å²) < 4.78 is 5.72. The summed E-state index contributed by atoms with van der Waals surface area (Å²) in [6.07, 6.45) is 3.55. The Morgan fingerprint density at radius 3 is 2.80 bits per heavy atom. The van der Waals surface area contributed by atoms with Gasteiger partial charge in [-0.1, -0.05) is 36.2 Å². The van der Waals surface area contributed by atoms with Crippen LogP contribution in [0.5, 0.6) is 0 Å². The smallest absolute Gasteiger partial charge is 0.0551 e. The number of hydrogen-bond acceptors (Lipinski definition) is 2. The zero-order valence-corrected chi connectivity index (χ0v) is 13.7. The van der Waals surface area contributed by atoms with Crippen LogP contribution >= 0.6 is 23.2 Å². The first-order valence-corrected chi connectivity index (χ1v) is 8.14. The van der Waals surface area contributed by atoms with Crippen LogP contribution in [0.25, 0.3) is 0 Å². The summed E-state index contributed by atoms with van der Waals surface area (Å²) in [6.45, 7) is 6.20. The lowest BCUT2D eigenvalue weighted by Gasteiger charge is -2.24. The van der Waals surface area contributed by atoms with Gasteiger partial charge in [-0.2, -0.15) is 0 Å². The van der Waals surface area contributed by atoms with Crippen molar-refractivity contribution in [1.82, 2.24) is 5.32 Å². The largest absolute Gasteiger partial charge is 0.378 e. The Balaban J connectivity index is 2.06. The van der Waals surface area contributed by atoms with Crippen LogP contribution in [0.2, 0.25) is 10.0 Å². The minimum absolute atomic E-state index is 0.367. The molecule has 0 saturated carbocycles. The molecule has 2 rings (SSSR count). The Hall–Kier alpha value is -0.280. The predicted molar refractivity (Wildman–Crippen MR) is 85.8 cm³/mol. The van der Waals surface area contributed by atoms with Gasteiger partial charge in [-0.3, -0.25) is 0 Å². The Morgan fingerprint density at radius 2 is 2.20 bits per heavy atom. The van der Waals surface area contributed by atoms with Crippen molar-refractivity contribution < 1.29 is 4.74 Å². The van der Waals surface area contributed by atoms with E-state index in [2.05, 4.69) is 19.2 Å². The maximum absolute atomic E-state index is 6.30. The van der Waals surface area contributed by atoms with Gasteiger partial charge in [-0.25, -0.2) is 0 Å². The SMILES string of the molecule is CCCNC(Cc1ccc(Cl)cc1Cl)C1COC(C)C1. The zero-order chi connectivity index (χ0) is 14.5. The van der Waals surface area contributed by atoms with Crippen molar-refractivity contribution in [3.05, 3.63) is 33.8 Å². The molecule has 1 N–H and O–H groups in total. The van der Waals surface area contributed by atoms with Gasteiger partial charge >= 0.3 is 0 Å². The molecular weight excluding hydrogens is 293 g/mol. The van der Waals surface area contributed by atoms with Crippen molar-refractivity contribution in [2.24, 2.45) is 5.92 Å². The van der Waals surface area contributed by atoms with Gasteiger partial charge in [0.1, 0.15) is 0 Å². The predicted octanol–water partition coefficient (Wildman–Crippen LogP) is 4.33. The third kappa shape index (κ3) is 4.36. The summed E-state index contributed by atoms with van der Waals surface area (Å²) in [5.41, 5.74) is 1.16. The third-order valence-electron chi connectivity index (χ3n) is 3.91. The maximum atomic E-state index is 6.30. The van der Waals surface area contributed by atoms with Gasteiger partial charge in [-0.15, -0.1) is 0 Å². The highest BCUT2D eigenvalue weighted by atomic mass is 35.5. The first kappa shape index (κ1) is 16.1. The summed E-state index contributed by atoms with van der Waals surface area (Å²) >= 11 is 12.3. The molecule has 1 aromatic rings. The Bertz CT molecular complexity index is 438. The van der Waals surface area contributed by atoms with Crippen LogP contribution in [0.4, 0.5) is 0 Å². The van der Waals surface area contributed by atoms with E-state index >= 15 is 0 Å². The van der Waals surface area contributed by atoms with E-state index in [-0.39, 0.29) is 0 Å². The third-order valence-corrected chi connectivity index (χ3v) is 4.50. The molecular formula is C16H23Cl2NO. The number of rotatable bonds is 6. The van der Waals surface area contributed by atoms with Gasteiger partial charge < -0.3 is 10.1 Å². The van der Waals surface area contributed by atoms with Gasteiger partial charge in [0.15, 0.2) is 0 Å². The lowest BCUT2D eigenvalue weighted by atomic mass is 9.91. The summed E-state index contributed by atoms with van der Waals surface area (Å²) in [5, 5.41) is 5.10. The number of ether oxygens (including phenoxy) is 1. The minimum Gasteiger partial charge on any atom is -0.378 e. The fraction of sp³-hybridized carbons (Fsp3) is 0.625. The average Bonchev–Trinajstić information content (AvgIpc) is 2.83. The standard InChI is InChI=1S/C16H23Cl2NO/c1-3-6-19-16(13-7-11(2)20-10-13)8-12-4-5-14(17)9-15(12)18/h4-5,9,11,13,16,19H,3,6-8,10H2,1-2H3. The van der Waals surface area contributed by atoms with E-state index in [0.29, 0.717) is 23.1 Å². The molecule has 0 spiro atoms. The van der Waals surface area contributed by atoms with E-state index in [9.17, 15) is 0 Å². The molecule has 0 radical (unpaired) electrons. The lowest BCUT2D eigenvalue weighted by Crippen LogP contribution is -2.39. The number of hydrogen-bond donors (Lipinski definition) is 1. The van der Waals surface area contributed by atoms with E-state index in [0.717, 1.165) is 43.0 Å². The zero-order valence-electron chi connectivity index (χ0n) is 12.2. The fourth-order valence-corrected chi connectivity index (χ4v) is 3.28. The second kappa shape index (κ2) is 7.65. The minimum atomic E-state index is 0.367. The molecule has 20 heavy (non-hydrogen) atoms. The molecule has 1 aromatic carbocycles. The molecule has 0 bridgehead atoms. The first-order chi connectivity index (χ1) is 9.60. The summed E-state index contributed by atoms with van der Waals surface area (Å²) in [5.74, 6) is 0.559. The van der Waals surface area contributed by atoms with Crippen molar-refractivity contribution in [2.45, 2.75) is 45.3 Å². The Morgan fingerprint density at radius 1 is 1.40 bits per heavy atom. The molecule has 112 valence electrons. The van der Waals surface area contributed by atoms with Gasteiger partial charge in [0.2, 0.25) is 0 Å². The van der Waals surface area contributed by atoms with E-state index in [4.69, 9.17) is 27.9 Å². The Labute approximate surface area is 131 Å². The van der Waals surface area contributed by atoms with Crippen molar-refractivity contribution in [3.8, 4) is 0 Å². The molecule has 1 saturated heterocycles. The first-order valence-electron chi connectivity index (χ1n) is 7.39. The molecule has 3 unspecified atom stereocenters. The summed E-state index contributed by atoms with van der Waals surface area (Å²) in [4.78, 5) is 0. The van der Waals surface area contributed by atoms with Gasteiger partial charge in [0.05, 0.1) is 12.7 Å². The summed E-state index contributed by atoms with van der Waals surface area (Å²) in [7, 11) is 0. The lowest BCUT2D eigenvalue weighted by molar-refractivity contribution is 0.117. The Kier molecular flexibility index (Phi) is 6.16. The molecule has 0 aliphatic carbocycles. The van der Waals surface area contributed by atoms with E-state index in [1.54, 1.807) is 0 Å². The maximum Gasteiger partial charge on any atom is 0.0551 e. The molecule has 4 heteroatoms. The molecule has 1 aliphatic rings. The van der Waals surface area contributed by atoms with Gasteiger partial charge in [-0.05, 0) is 50.4 Å². The molecule has 1 heterocycles. The van der Waals surface area contributed by atoms with Crippen molar-refractivity contribution in [2.75, 3.05) is 13.2 Å². The highest BCUT2D eigenvalue weighted by Crippen LogP contribution is 2.27. The second-order valence-electron chi connectivity index (χ2n) is 5.64. The molecule has 1 aliphatic heterocycles. The number of benzene rings is 1. The number of nitrogens with one attached hydrogen (secondary N) is 1. The van der Waals surface area contributed by atoms with Gasteiger partial charge in [0, 0.05) is 22.0 Å². The highest BCUT2D eigenvalue weighted by molar-refractivity contribution is 6.35. The van der Waals surface area contributed by atoms with E-state index in [1.807, 2.05) is 18.2 Å². The molecule has 1 fully saturated rings. The second-order valence-corrected chi connectivity index (χ2v) is 6.48.